The molecule has 33 heavy (non-hydrogen) atoms. The van der Waals surface area contributed by atoms with Crippen molar-refractivity contribution in [2.24, 2.45) is 0 Å². The SMILES string of the molecule is CCOc1ccc(N2C(=O)/C(=C\c3ccc(O[C@@H](NC(C)=O)C(Cl)(Cl)Cl)cc3)SC2=S)cc1. The van der Waals surface area contributed by atoms with Gasteiger partial charge in [-0.1, -0.05) is 70.9 Å². The number of nitrogens with zero attached hydrogens (tertiary/aromatic N) is 1. The van der Waals surface area contributed by atoms with E-state index in [-0.39, 0.29) is 5.91 Å². The zero-order valence-corrected chi connectivity index (χ0v) is 21.4. The Labute approximate surface area is 216 Å². The second kappa shape index (κ2) is 11.0. The van der Waals surface area contributed by atoms with Crippen molar-refractivity contribution in [3.63, 3.8) is 0 Å². The van der Waals surface area contributed by atoms with Crippen molar-refractivity contribution in [3.8, 4) is 11.5 Å². The highest BCUT2D eigenvalue weighted by Gasteiger charge is 2.36. The van der Waals surface area contributed by atoms with Crippen molar-refractivity contribution in [2.75, 3.05) is 11.5 Å². The lowest BCUT2D eigenvalue weighted by Gasteiger charge is -2.25. The number of benzene rings is 2. The zero-order chi connectivity index (χ0) is 24.2. The molecule has 1 saturated heterocycles. The average Bonchev–Trinajstić information content (AvgIpc) is 3.02. The number of alkyl halides is 3. The van der Waals surface area contributed by atoms with Crippen molar-refractivity contribution in [1.29, 1.82) is 0 Å². The van der Waals surface area contributed by atoms with Gasteiger partial charge < -0.3 is 14.8 Å². The Balaban J connectivity index is 1.73. The molecule has 1 atom stereocenters. The van der Waals surface area contributed by atoms with E-state index in [9.17, 15) is 9.59 Å². The third-order valence-corrected chi connectivity index (χ3v) is 6.16. The second-order valence-corrected chi connectivity index (χ2v) is 10.8. The van der Waals surface area contributed by atoms with Gasteiger partial charge in [0.25, 0.3) is 5.91 Å². The molecule has 1 aliphatic heterocycles. The maximum absolute atomic E-state index is 13.0. The fourth-order valence-corrected chi connectivity index (χ4v) is 4.44. The van der Waals surface area contributed by atoms with Crippen LogP contribution in [-0.4, -0.2) is 32.8 Å². The van der Waals surface area contributed by atoms with Gasteiger partial charge in [-0.15, -0.1) is 0 Å². The summed E-state index contributed by atoms with van der Waals surface area (Å²) in [6.07, 6.45) is 0.564. The number of thioether (sulfide) groups is 1. The van der Waals surface area contributed by atoms with Gasteiger partial charge in [-0.05, 0) is 55.0 Å². The van der Waals surface area contributed by atoms with Gasteiger partial charge >= 0.3 is 0 Å². The van der Waals surface area contributed by atoms with E-state index < -0.39 is 15.9 Å². The van der Waals surface area contributed by atoms with E-state index in [4.69, 9.17) is 56.5 Å². The molecule has 0 spiro atoms. The van der Waals surface area contributed by atoms with Gasteiger partial charge in [-0.3, -0.25) is 14.5 Å². The number of ether oxygens (including phenoxy) is 2. The number of carbonyl (C=O) groups is 2. The highest BCUT2D eigenvalue weighted by molar-refractivity contribution is 8.27. The summed E-state index contributed by atoms with van der Waals surface area (Å²) in [6.45, 7) is 3.76. The minimum Gasteiger partial charge on any atom is -0.494 e. The Morgan fingerprint density at radius 1 is 1.15 bits per heavy atom. The molecule has 1 heterocycles. The summed E-state index contributed by atoms with van der Waals surface area (Å²) in [5.74, 6) is 0.480. The summed E-state index contributed by atoms with van der Waals surface area (Å²) in [6, 6.07) is 13.9. The maximum atomic E-state index is 13.0. The van der Waals surface area contributed by atoms with Crippen LogP contribution in [0.1, 0.15) is 19.4 Å². The van der Waals surface area contributed by atoms with E-state index in [1.54, 1.807) is 54.6 Å². The van der Waals surface area contributed by atoms with E-state index in [0.717, 1.165) is 11.3 Å². The fourth-order valence-electron chi connectivity index (χ4n) is 2.84. The molecule has 2 aromatic rings. The van der Waals surface area contributed by atoms with Crippen molar-refractivity contribution < 1.29 is 19.1 Å². The Morgan fingerprint density at radius 2 is 1.76 bits per heavy atom. The first kappa shape index (κ1) is 25.6. The number of amides is 2. The van der Waals surface area contributed by atoms with E-state index in [0.29, 0.717) is 27.3 Å². The number of hydrogen-bond donors (Lipinski definition) is 1. The van der Waals surface area contributed by atoms with Crippen LogP contribution >= 0.6 is 58.8 Å². The van der Waals surface area contributed by atoms with E-state index >= 15 is 0 Å². The molecule has 1 fully saturated rings. The Bertz CT molecular complexity index is 1070. The molecule has 2 amide bonds. The highest BCUT2D eigenvalue weighted by Crippen LogP contribution is 2.37. The molecule has 0 unspecified atom stereocenters. The molecule has 11 heteroatoms. The topological polar surface area (TPSA) is 67.9 Å². The standard InChI is InChI=1S/C22H19Cl3N2O4S2/c1-3-30-16-10-6-15(7-11-16)27-19(29)18(33-21(27)32)12-14-4-8-17(9-5-14)31-20(22(23,24)25)26-13(2)28/h4-12,20H,3H2,1-2H3,(H,26,28)/b18-12+/t20-/m1/s1. The summed E-state index contributed by atoms with van der Waals surface area (Å²) in [4.78, 5) is 26.3. The summed E-state index contributed by atoms with van der Waals surface area (Å²) >= 11 is 24.3. The number of carbonyl (C=O) groups excluding carboxylic acids is 2. The number of anilines is 1. The zero-order valence-electron chi connectivity index (χ0n) is 17.5. The Kier molecular flexibility index (Phi) is 8.53. The van der Waals surface area contributed by atoms with Gasteiger partial charge in [0.1, 0.15) is 11.5 Å². The monoisotopic (exact) mass is 544 g/mol. The number of halogens is 3. The van der Waals surface area contributed by atoms with Crippen LogP contribution in [0.25, 0.3) is 6.08 Å². The van der Waals surface area contributed by atoms with Gasteiger partial charge in [0, 0.05) is 6.92 Å². The minimum absolute atomic E-state index is 0.212. The third kappa shape index (κ3) is 6.77. The van der Waals surface area contributed by atoms with Crippen LogP contribution in [0.2, 0.25) is 0 Å². The Hall–Kier alpha value is -1.97. The van der Waals surface area contributed by atoms with E-state index in [1.165, 1.54) is 23.6 Å². The average molecular weight is 546 g/mol. The quantitative estimate of drug-likeness (QED) is 0.208. The smallest absolute Gasteiger partial charge is 0.270 e. The van der Waals surface area contributed by atoms with Crippen molar-refractivity contribution in [2.45, 2.75) is 23.9 Å². The number of nitrogens with one attached hydrogen (secondary N) is 1. The lowest BCUT2D eigenvalue weighted by Crippen LogP contribution is -2.47. The van der Waals surface area contributed by atoms with Gasteiger partial charge in [-0.25, -0.2) is 0 Å². The molecule has 0 bridgehead atoms. The van der Waals surface area contributed by atoms with Crippen molar-refractivity contribution in [3.05, 3.63) is 59.0 Å². The first-order valence-corrected chi connectivity index (χ1v) is 12.1. The van der Waals surface area contributed by atoms with E-state index in [1.807, 2.05) is 6.92 Å². The first-order valence-electron chi connectivity index (χ1n) is 9.70. The molecule has 1 aliphatic rings. The normalized spacial score (nSPS) is 16.2. The minimum atomic E-state index is -1.86. The van der Waals surface area contributed by atoms with Crippen LogP contribution < -0.4 is 19.7 Å². The highest BCUT2D eigenvalue weighted by atomic mass is 35.6. The molecule has 0 aromatic heterocycles. The van der Waals surface area contributed by atoms with Crippen LogP contribution in [0, 0.1) is 0 Å². The summed E-state index contributed by atoms with van der Waals surface area (Å²) in [5, 5.41) is 2.44. The summed E-state index contributed by atoms with van der Waals surface area (Å²) in [5.41, 5.74) is 1.42. The molecular formula is C22H19Cl3N2O4S2. The third-order valence-electron chi connectivity index (χ3n) is 4.26. The molecule has 6 nitrogen and oxygen atoms in total. The number of rotatable bonds is 7. The lowest BCUT2D eigenvalue weighted by molar-refractivity contribution is -0.121. The van der Waals surface area contributed by atoms with Gasteiger partial charge in [0.15, 0.2) is 4.32 Å². The number of thiocarbonyl (C=S) groups is 1. The second-order valence-electron chi connectivity index (χ2n) is 6.75. The molecule has 1 N–H and O–H groups in total. The summed E-state index contributed by atoms with van der Waals surface area (Å²) < 4.78 is 9.62. The van der Waals surface area contributed by atoms with Gasteiger partial charge in [0.05, 0.1) is 17.2 Å². The van der Waals surface area contributed by atoms with Crippen LogP contribution in [0.15, 0.2) is 53.4 Å². The van der Waals surface area contributed by atoms with Crippen molar-refractivity contribution >= 4 is 86.7 Å². The maximum Gasteiger partial charge on any atom is 0.270 e. The van der Waals surface area contributed by atoms with Crippen LogP contribution in [0.4, 0.5) is 5.69 Å². The first-order chi connectivity index (χ1) is 15.6. The van der Waals surface area contributed by atoms with Crippen molar-refractivity contribution in [1.82, 2.24) is 5.32 Å². The van der Waals surface area contributed by atoms with Crippen LogP contribution in [0.3, 0.4) is 0 Å². The fraction of sp³-hybridized carbons (Fsp3) is 0.227. The predicted octanol–water partition coefficient (Wildman–Crippen LogP) is 5.70. The van der Waals surface area contributed by atoms with Gasteiger partial charge in [0.2, 0.25) is 15.9 Å². The largest absolute Gasteiger partial charge is 0.494 e. The Morgan fingerprint density at radius 3 is 2.30 bits per heavy atom. The summed E-state index contributed by atoms with van der Waals surface area (Å²) in [7, 11) is 0. The molecule has 0 aliphatic carbocycles. The predicted molar refractivity (Wildman–Crippen MR) is 138 cm³/mol. The van der Waals surface area contributed by atoms with Crippen LogP contribution in [0.5, 0.6) is 11.5 Å². The molecule has 0 radical (unpaired) electrons. The van der Waals surface area contributed by atoms with E-state index in [2.05, 4.69) is 5.32 Å². The molecular weight excluding hydrogens is 527 g/mol. The number of hydrogen-bond acceptors (Lipinski definition) is 6. The molecule has 3 rings (SSSR count). The molecule has 2 aromatic carbocycles. The van der Waals surface area contributed by atoms with Gasteiger partial charge in [-0.2, -0.15) is 0 Å². The lowest BCUT2D eigenvalue weighted by atomic mass is 10.2. The molecule has 174 valence electrons. The van der Waals surface area contributed by atoms with Crippen LogP contribution in [-0.2, 0) is 9.59 Å². The molecule has 0 saturated carbocycles.